The van der Waals surface area contributed by atoms with Crippen LogP contribution in [0.4, 0.5) is 18.9 Å². The fourth-order valence-electron chi connectivity index (χ4n) is 3.05. The molecule has 2 N–H and O–H groups in total. The van der Waals surface area contributed by atoms with Crippen LogP contribution >= 0.6 is 0 Å². The molecule has 0 radical (unpaired) electrons. The largest absolute Gasteiger partial charge is 0.505 e. The van der Waals surface area contributed by atoms with Gasteiger partial charge in [-0.15, -0.1) is 0 Å². The van der Waals surface area contributed by atoms with Crippen molar-refractivity contribution in [1.29, 1.82) is 5.26 Å². The Labute approximate surface area is 150 Å². The summed E-state index contributed by atoms with van der Waals surface area (Å²) in [5, 5.41) is 28.6. The number of allylic oxidation sites excluding steroid dienone is 1. The van der Waals surface area contributed by atoms with Gasteiger partial charge in [-0.05, 0) is 37.0 Å². The van der Waals surface area contributed by atoms with E-state index in [1.807, 2.05) is 19.9 Å². The molecule has 1 fully saturated rings. The molecule has 26 heavy (non-hydrogen) atoms. The predicted octanol–water partition coefficient (Wildman–Crippen LogP) is 3.33. The Morgan fingerprint density at radius 3 is 2.42 bits per heavy atom. The lowest BCUT2D eigenvalue weighted by Crippen LogP contribution is -2.46. The van der Waals surface area contributed by atoms with Crippen LogP contribution in [0.3, 0.4) is 0 Å². The average molecular weight is 368 g/mol. The van der Waals surface area contributed by atoms with Crippen molar-refractivity contribution < 1.29 is 28.0 Å². The molecule has 1 unspecified atom stereocenters. The molecule has 5 nitrogen and oxygen atoms in total. The number of fused-ring (bicyclic) bond motifs is 1. The van der Waals surface area contributed by atoms with Crippen LogP contribution in [0.2, 0.25) is 0 Å². The van der Waals surface area contributed by atoms with Gasteiger partial charge in [0.15, 0.2) is 11.6 Å². The summed E-state index contributed by atoms with van der Waals surface area (Å²) < 4.78 is 43.1. The fraction of sp³-hybridized carbons (Fsp3) is 0.471. The molecule has 1 heterocycles. The highest BCUT2D eigenvalue weighted by molar-refractivity contribution is 6.51. The molecule has 1 atom stereocenters. The molecule has 2 aliphatic rings. The highest BCUT2D eigenvalue weighted by Gasteiger charge is 2.38. The van der Waals surface area contributed by atoms with Crippen LogP contribution in [-0.2, 0) is 0 Å². The van der Waals surface area contributed by atoms with Crippen molar-refractivity contribution in [3.63, 3.8) is 0 Å². The second kappa shape index (κ2) is 8.47. The van der Waals surface area contributed by atoms with Gasteiger partial charge in [-0.25, -0.2) is 4.39 Å². The van der Waals surface area contributed by atoms with Crippen LogP contribution in [0.5, 0.6) is 5.75 Å². The minimum absolute atomic E-state index is 0.0682. The van der Waals surface area contributed by atoms with Crippen LogP contribution in [0.25, 0.3) is 0 Å². The molecule has 0 saturated heterocycles. The van der Waals surface area contributed by atoms with Crippen LogP contribution in [0, 0.1) is 17.1 Å². The second-order valence-electron chi connectivity index (χ2n) is 5.75. The van der Waals surface area contributed by atoms with E-state index in [9.17, 15) is 28.5 Å². The lowest BCUT2D eigenvalue weighted by atomic mass is 9.75. The highest BCUT2D eigenvalue weighted by Crippen LogP contribution is 2.44. The number of benzene rings is 1. The molecule has 1 aliphatic heterocycles. The second-order valence-corrected chi connectivity index (χ2v) is 5.75. The van der Waals surface area contributed by atoms with Crippen LogP contribution in [0.1, 0.15) is 44.6 Å². The maximum absolute atomic E-state index is 14.0. The number of ether oxygens (including phenoxy) is 1. The van der Waals surface area contributed by atoms with Crippen LogP contribution in [0.15, 0.2) is 23.8 Å². The van der Waals surface area contributed by atoms with Crippen molar-refractivity contribution in [2.45, 2.75) is 51.7 Å². The van der Waals surface area contributed by atoms with E-state index in [1.54, 1.807) is 4.90 Å². The molecule has 1 aromatic rings. The van der Waals surface area contributed by atoms with E-state index in [0.29, 0.717) is 0 Å². The summed E-state index contributed by atoms with van der Waals surface area (Å²) in [4.78, 5) is 1.58. The molecule has 140 valence electrons. The van der Waals surface area contributed by atoms with Gasteiger partial charge in [-0.3, -0.25) is 0 Å². The Bertz CT molecular complexity index is 718. The van der Waals surface area contributed by atoms with Crippen LogP contribution < -0.4 is 9.64 Å². The number of alkyl halides is 2. The Morgan fingerprint density at radius 1 is 1.31 bits per heavy atom. The van der Waals surface area contributed by atoms with Crippen molar-refractivity contribution in [2.24, 2.45) is 0 Å². The number of rotatable bonds is 4. The minimum atomic E-state index is -3.19. The average Bonchev–Trinajstić information content (AvgIpc) is 2.55. The first kappa shape index (κ1) is 20.1. The van der Waals surface area contributed by atoms with Crippen molar-refractivity contribution in [3.05, 3.63) is 35.2 Å². The zero-order valence-electron chi connectivity index (χ0n) is 14.5. The Kier molecular flexibility index (Phi) is 6.56. The number of anilines is 1. The first-order valence-corrected chi connectivity index (χ1v) is 8.47. The molecular formula is C17H20BF3N2O3. The van der Waals surface area contributed by atoms with E-state index in [0.717, 1.165) is 31.4 Å². The van der Waals surface area contributed by atoms with Gasteiger partial charge >= 0.3 is 13.7 Å². The van der Waals surface area contributed by atoms with Gasteiger partial charge in [0.25, 0.3) is 0 Å². The van der Waals surface area contributed by atoms with Crippen molar-refractivity contribution in [3.8, 4) is 11.8 Å². The lowest BCUT2D eigenvalue weighted by molar-refractivity contribution is -0.0521. The van der Waals surface area contributed by atoms with E-state index in [4.69, 9.17) is 0 Å². The van der Waals surface area contributed by atoms with Gasteiger partial charge in [-0.2, -0.15) is 14.0 Å². The standard InChI is InChI=1S/C15H14BF3N2O3.C2H6/c17-11-5-10-8(7-20)4-14(16(22)23)21(9-2-1-3-9)12(10)6-13(11)24-15(18)19;1-2/h4-6,8-9,15,22-23H,1-3H2;1-2H3. The lowest BCUT2D eigenvalue weighted by Gasteiger charge is -2.44. The summed E-state index contributed by atoms with van der Waals surface area (Å²) in [6, 6.07) is 3.96. The van der Waals surface area contributed by atoms with Crippen LogP contribution in [-0.4, -0.2) is 29.8 Å². The van der Waals surface area contributed by atoms with E-state index < -0.39 is 31.2 Å². The number of halogens is 3. The topological polar surface area (TPSA) is 76.7 Å². The number of nitrogens with zero attached hydrogens (tertiary/aromatic N) is 2. The quantitative estimate of drug-likeness (QED) is 0.798. The maximum atomic E-state index is 14.0. The molecule has 1 aliphatic carbocycles. The van der Waals surface area contributed by atoms with Crippen molar-refractivity contribution in [1.82, 2.24) is 0 Å². The summed E-state index contributed by atoms with van der Waals surface area (Å²) in [7, 11) is -1.83. The van der Waals surface area contributed by atoms with Crippen molar-refractivity contribution in [2.75, 3.05) is 4.90 Å². The minimum Gasteiger partial charge on any atom is -0.432 e. The van der Waals surface area contributed by atoms with E-state index >= 15 is 0 Å². The highest BCUT2D eigenvalue weighted by atomic mass is 19.3. The number of hydrogen-bond acceptors (Lipinski definition) is 5. The first-order valence-electron chi connectivity index (χ1n) is 8.47. The summed E-state index contributed by atoms with van der Waals surface area (Å²) >= 11 is 0. The van der Waals surface area contributed by atoms with Gasteiger partial charge in [0, 0.05) is 23.4 Å². The van der Waals surface area contributed by atoms with E-state index in [2.05, 4.69) is 4.74 Å². The third-order valence-corrected chi connectivity index (χ3v) is 4.35. The smallest absolute Gasteiger partial charge is 0.432 e. The monoisotopic (exact) mass is 368 g/mol. The molecule has 1 saturated carbocycles. The maximum Gasteiger partial charge on any atom is 0.505 e. The molecule has 0 aromatic heterocycles. The molecular weight excluding hydrogens is 348 g/mol. The van der Waals surface area contributed by atoms with E-state index in [1.165, 1.54) is 6.08 Å². The van der Waals surface area contributed by atoms with Crippen molar-refractivity contribution >= 4 is 12.8 Å². The molecule has 3 rings (SSSR count). The Morgan fingerprint density at radius 2 is 1.96 bits per heavy atom. The van der Waals surface area contributed by atoms with Gasteiger partial charge < -0.3 is 19.7 Å². The van der Waals surface area contributed by atoms with Gasteiger partial charge in [0.05, 0.1) is 12.0 Å². The molecule has 0 bridgehead atoms. The zero-order valence-corrected chi connectivity index (χ0v) is 14.5. The Hall–Kier alpha value is -2.18. The van der Waals surface area contributed by atoms with Gasteiger partial charge in [0.2, 0.25) is 0 Å². The molecule has 1 aromatic carbocycles. The third kappa shape index (κ3) is 3.81. The molecule has 0 amide bonds. The Balaban J connectivity index is 0.00000117. The van der Waals surface area contributed by atoms with E-state index in [-0.39, 0.29) is 22.9 Å². The molecule has 9 heteroatoms. The summed E-state index contributed by atoms with van der Waals surface area (Å²) in [5.41, 5.74) is 0.662. The normalized spacial score (nSPS) is 18.8. The number of hydrogen-bond donors (Lipinski definition) is 2. The number of nitriles is 1. The third-order valence-electron chi connectivity index (χ3n) is 4.35. The predicted molar refractivity (Wildman–Crippen MR) is 91.1 cm³/mol. The summed E-state index contributed by atoms with van der Waals surface area (Å²) in [5.74, 6) is -2.55. The fourth-order valence-corrected chi connectivity index (χ4v) is 3.05. The first-order chi connectivity index (χ1) is 12.4. The SMILES string of the molecule is CC.N#CC1C=C(B(O)O)N(C2CCC2)c2cc(OC(F)F)c(F)cc21. The van der Waals surface area contributed by atoms with Gasteiger partial charge in [-0.1, -0.05) is 13.8 Å². The summed E-state index contributed by atoms with van der Waals surface area (Å²) in [6.07, 6.45) is 3.83. The zero-order chi connectivity index (χ0) is 19.4. The molecule has 0 spiro atoms. The van der Waals surface area contributed by atoms with Gasteiger partial charge in [0.1, 0.15) is 0 Å². The summed E-state index contributed by atoms with van der Waals surface area (Å²) in [6.45, 7) is 0.809.